The van der Waals surface area contributed by atoms with Gasteiger partial charge in [0.2, 0.25) is 17.7 Å². The lowest BCUT2D eigenvalue weighted by atomic mass is 9.66. The van der Waals surface area contributed by atoms with Gasteiger partial charge in [-0.2, -0.15) is 0 Å². The lowest BCUT2D eigenvalue weighted by molar-refractivity contribution is -0.144. The summed E-state index contributed by atoms with van der Waals surface area (Å²) in [6.45, 7) is 5.42. The summed E-state index contributed by atoms with van der Waals surface area (Å²) in [6.07, 6.45) is 1.11. The average molecular weight is 415 g/mol. The number of nitrogens with zero attached hydrogens (tertiary/aromatic N) is 1. The molecule has 3 fully saturated rings. The summed E-state index contributed by atoms with van der Waals surface area (Å²) in [5, 5.41) is 15.2. The number of aryl methyl sites for hydroxylation is 2. The van der Waals surface area contributed by atoms with Crippen molar-refractivity contribution in [1.82, 2.24) is 10.2 Å². The monoisotopic (exact) mass is 415 g/mol. The number of hydrogen-bond acceptors (Lipinski definition) is 5. The zero-order valence-corrected chi connectivity index (χ0v) is 17.8. The number of carbonyl (C=O) groups excluding carboxylic acids is 3. The molecule has 0 aliphatic carbocycles. The van der Waals surface area contributed by atoms with Crippen LogP contribution in [-0.2, 0) is 19.1 Å². The minimum absolute atomic E-state index is 0.0163. The molecule has 0 aromatic heterocycles. The zero-order chi connectivity index (χ0) is 21.8. The molecule has 5 atom stereocenters. The number of fused-ring (bicyclic) bond motifs is 1. The van der Waals surface area contributed by atoms with Crippen molar-refractivity contribution in [3.63, 3.8) is 0 Å². The molecule has 2 unspecified atom stereocenters. The van der Waals surface area contributed by atoms with E-state index in [2.05, 4.69) is 10.6 Å². The number of carbonyl (C=O) groups is 3. The lowest BCUT2D eigenvalue weighted by Gasteiger charge is -2.33. The molecule has 0 saturated carbocycles. The van der Waals surface area contributed by atoms with Gasteiger partial charge in [0.25, 0.3) is 0 Å². The van der Waals surface area contributed by atoms with Crippen molar-refractivity contribution >= 4 is 23.4 Å². The van der Waals surface area contributed by atoms with Crippen LogP contribution in [0, 0.1) is 25.7 Å². The summed E-state index contributed by atoms with van der Waals surface area (Å²) < 4.78 is 6.42. The maximum Gasteiger partial charge on any atom is 0.250 e. The number of likely N-dealkylation sites (tertiary alicyclic amines) is 1. The zero-order valence-electron chi connectivity index (χ0n) is 17.8. The Labute approximate surface area is 176 Å². The fourth-order valence-corrected chi connectivity index (χ4v) is 5.83. The number of hydrogen-bond donors (Lipinski definition) is 3. The van der Waals surface area contributed by atoms with Gasteiger partial charge in [-0.15, -0.1) is 0 Å². The first kappa shape index (κ1) is 20.8. The second-order valence-corrected chi connectivity index (χ2v) is 8.85. The summed E-state index contributed by atoms with van der Waals surface area (Å²) in [5.74, 6) is -2.31. The molecule has 3 heterocycles. The normalized spacial score (nSPS) is 34.2. The Hall–Kier alpha value is -2.45. The number of aliphatic hydroxyl groups excluding tert-OH is 1. The van der Waals surface area contributed by atoms with Crippen LogP contribution in [0.2, 0.25) is 0 Å². The number of benzene rings is 1. The fraction of sp³-hybridized carbons (Fsp3) is 0.591. The summed E-state index contributed by atoms with van der Waals surface area (Å²) in [7, 11) is 1.54. The van der Waals surface area contributed by atoms with E-state index in [0.717, 1.165) is 11.1 Å². The van der Waals surface area contributed by atoms with Crippen molar-refractivity contribution in [1.29, 1.82) is 0 Å². The van der Waals surface area contributed by atoms with Gasteiger partial charge < -0.3 is 25.4 Å². The van der Waals surface area contributed by atoms with E-state index in [4.69, 9.17) is 4.74 Å². The van der Waals surface area contributed by atoms with Crippen LogP contribution in [-0.4, -0.2) is 65.2 Å². The van der Waals surface area contributed by atoms with Crippen LogP contribution in [0.5, 0.6) is 0 Å². The highest BCUT2D eigenvalue weighted by atomic mass is 16.5. The van der Waals surface area contributed by atoms with Crippen molar-refractivity contribution in [2.75, 3.05) is 25.5 Å². The van der Waals surface area contributed by atoms with Gasteiger partial charge in [0.05, 0.1) is 24.0 Å². The molecular formula is C22H29N3O5. The van der Waals surface area contributed by atoms with Crippen LogP contribution in [0.1, 0.15) is 30.9 Å². The van der Waals surface area contributed by atoms with E-state index in [1.165, 1.54) is 4.90 Å². The Morgan fingerprint density at radius 3 is 2.50 bits per heavy atom. The molecule has 162 valence electrons. The Morgan fingerprint density at radius 1 is 1.23 bits per heavy atom. The van der Waals surface area contributed by atoms with Crippen LogP contribution < -0.4 is 10.6 Å². The minimum Gasteiger partial charge on any atom is -0.395 e. The average Bonchev–Trinajstić information content (AvgIpc) is 3.26. The number of para-hydroxylation sites is 1. The molecular weight excluding hydrogens is 386 g/mol. The van der Waals surface area contributed by atoms with Crippen LogP contribution >= 0.6 is 0 Å². The summed E-state index contributed by atoms with van der Waals surface area (Å²) >= 11 is 0. The van der Waals surface area contributed by atoms with Gasteiger partial charge in [0.1, 0.15) is 11.6 Å². The van der Waals surface area contributed by atoms with Gasteiger partial charge in [0.15, 0.2) is 0 Å². The standard InChI is InChI=1S/C22H29N3O5/c1-12-6-5-7-13(2)16(12)24-19(28)17-22-9-8-21(3,30-22)14(18(27)23-4)15(22)20(29)25(17)10-11-26/h5-7,14-15,17,26H,8-11H2,1-4H3,(H,23,27)(H,24,28)/t14-,15-,17?,21+,22?/m0/s1. The number of amides is 3. The fourth-order valence-electron chi connectivity index (χ4n) is 5.83. The Morgan fingerprint density at radius 2 is 1.90 bits per heavy atom. The molecule has 3 saturated heterocycles. The molecule has 3 amide bonds. The largest absolute Gasteiger partial charge is 0.395 e. The molecule has 30 heavy (non-hydrogen) atoms. The maximum atomic E-state index is 13.6. The molecule has 1 aromatic carbocycles. The molecule has 2 bridgehead atoms. The van der Waals surface area contributed by atoms with Crippen molar-refractivity contribution in [3.8, 4) is 0 Å². The van der Waals surface area contributed by atoms with Crippen molar-refractivity contribution in [3.05, 3.63) is 29.3 Å². The van der Waals surface area contributed by atoms with E-state index in [1.54, 1.807) is 7.05 Å². The highest BCUT2D eigenvalue weighted by Crippen LogP contribution is 2.63. The number of nitrogens with one attached hydrogen (secondary N) is 2. The molecule has 1 spiro atoms. The predicted octanol–water partition coefficient (Wildman–Crippen LogP) is 0.745. The van der Waals surface area contributed by atoms with Gasteiger partial charge in [-0.1, -0.05) is 18.2 Å². The maximum absolute atomic E-state index is 13.6. The van der Waals surface area contributed by atoms with Crippen LogP contribution in [0.4, 0.5) is 5.69 Å². The number of aliphatic hydroxyl groups is 1. The third kappa shape index (κ3) is 2.70. The first-order valence-corrected chi connectivity index (χ1v) is 10.4. The van der Waals surface area contributed by atoms with Gasteiger partial charge in [-0.05, 0) is 44.7 Å². The first-order chi connectivity index (χ1) is 14.2. The predicted molar refractivity (Wildman–Crippen MR) is 110 cm³/mol. The Kier molecular flexibility index (Phi) is 4.90. The number of β-amino-alcohol motifs (C(OH)–C–C–N with tert-alkyl or cyclic N) is 1. The molecule has 3 N–H and O–H groups in total. The van der Waals surface area contributed by atoms with E-state index < -0.39 is 29.1 Å². The number of rotatable bonds is 5. The molecule has 4 rings (SSSR count). The van der Waals surface area contributed by atoms with E-state index in [0.29, 0.717) is 18.5 Å². The van der Waals surface area contributed by atoms with Gasteiger partial charge in [-0.25, -0.2) is 0 Å². The summed E-state index contributed by atoms with van der Waals surface area (Å²) in [6, 6.07) is 4.84. The van der Waals surface area contributed by atoms with E-state index >= 15 is 0 Å². The second-order valence-electron chi connectivity index (χ2n) is 8.85. The van der Waals surface area contributed by atoms with Crippen molar-refractivity contribution in [2.24, 2.45) is 11.8 Å². The summed E-state index contributed by atoms with van der Waals surface area (Å²) in [5.41, 5.74) is 0.687. The van der Waals surface area contributed by atoms with Crippen LogP contribution in [0.25, 0.3) is 0 Å². The van der Waals surface area contributed by atoms with Crippen molar-refractivity contribution < 1.29 is 24.2 Å². The van der Waals surface area contributed by atoms with E-state index in [-0.39, 0.29) is 30.9 Å². The Bertz CT molecular complexity index is 898. The minimum atomic E-state index is -1.07. The molecule has 0 radical (unpaired) electrons. The first-order valence-electron chi connectivity index (χ1n) is 10.4. The molecule has 8 heteroatoms. The SMILES string of the molecule is CNC(=O)[C@@H]1[C@H]2C(=O)N(CCO)C(C(=O)Nc3c(C)cccc3C)C23CC[C@@]1(C)O3. The quantitative estimate of drug-likeness (QED) is 0.658. The van der Waals surface area contributed by atoms with E-state index in [9.17, 15) is 19.5 Å². The van der Waals surface area contributed by atoms with Crippen molar-refractivity contribution in [2.45, 2.75) is 50.9 Å². The topological polar surface area (TPSA) is 108 Å². The highest BCUT2D eigenvalue weighted by molar-refractivity contribution is 6.04. The van der Waals surface area contributed by atoms with Gasteiger partial charge in [-0.3, -0.25) is 14.4 Å². The third-order valence-electron chi connectivity index (χ3n) is 7.12. The smallest absolute Gasteiger partial charge is 0.250 e. The number of anilines is 1. The molecule has 8 nitrogen and oxygen atoms in total. The molecule has 3 aliphatic heterocycles. The molecule has 1 aromatic rings. The number of ether oxygens (including phenoxy) is 1. The highest BCUT2D eigenvalue weighted by Gasteiger charge is 2.77. The van der Waals surface area contributed by atoms with Crippen LogP contribution in [0.3, 0.4) is 0 Å². The second kappa shape index (κ2) is 7.06. The molecule has 3 aliphatic rings. The van der Waals surface area contributed by atoms with Crippen LogP contribution in [0.15, 0.2) is 18.2 Å². The third-order valence-corrected chi connectivity index (χ3v) is 7.12. The Balaban J connectivity index is 1.76. The van der Waals surface area contributed by atoms with E-state index in [1.807, 2.05) is 39.0 Å². The summed E-state index contributed by atoms with van der Waals surface area (Å²) in [4.78, 5) is 41.1. The lowest BCUT2D eigenvalue weighted by Crippen LogP contribution is -2.53. The van der Waals surface area contributed by atoms with Gasteiger partial charge in [0, 0.05) is 19.3 Å². The van der Waals surface area contributed by atoms with Gasteiger partial charge >= 0.3 is 0 Å².